The summed E-state index contributed by atoms with van der Waals surface area (Å²) in [6.07, 6.45) is 6.70. The van der Waals surface area contributed by atoms with Crippen LogP contribution < -0.4 is 4.74 Å². The Labute approximate surface area is 195 Å². The summed E-state index contributed by atoms with van der Waals surface area (Å²) < 4.78 is 8.86. The van der Waals surface area contributed by atoms with Gasteiger partial charge in [-0.2, -0.15) is 5.10 Å². The third-order valence-corrected chi connectivity index (χ3v) is 6.78. The molecule has 1 aliphatic carbocycles. The standard InChI is InChI=1S/C25H26BrN3O3/c1-28-14-19(12-27-28)17-8-6-16(7-9-17)13-29-15-18-10-20(26)11-23(24(18)25(29)31)32-22-5-3-2-4-21(22)30/h6-12,14,21-22,30H,2-5,13,15H2,1H3/t21-,22-/m1/s1. The molecule has 1 aromatic heterocycles. The molecule has 1 N–H and O–H groups in total. The number of hydrogen-bond acceptors (Lipinski definition) is 4. The Hall–Kier alpha value is -2.64. The zero-order valence-electron chi connectivity index (χ0n) is 18.0. The van der Waals surface area contributed by atoms with Crippen LogP contribution in [0.4, 0.5) is 0 Å². The summed E-state index contributed by atoms with van der Waals surface area (Å²) in [6, 6.07) is 12.1. The minimum Gasteiger partial charge on any atom is -0.487 e. The summed E-state index contributed by atoms with van der Waals surface area (Å²) in [5, 5.41) is 14.6. The van der Waals surface area contributed by atoms with Crippen molar-refractivity contribution < 1.29 is 14.6 Å². The van der Waals surface area contributed by atoms with Gasteiger partial charge in [0.05, 0.1) is 17.9 Å². The van der Waals surface area contributed by atoms with E-state index < -0.39 is 6.10 Å². The number of carbonyl (C=O) groups excluding carboxylic acids is 1. The molecule has 0 unspecified atom stereocenters. The Morgan fingerprint density at radius 2 is 1.94 bits per heavy atom. The van der Waals surface area contributed by atoms with Crippen molar-refractivity contribution in [3.05, 3.63) is 70.0 Å². The predicted molar refractivity (Wildman–Crippen MR) is 125 cm³/mol. The predicted octanol–water partition coefficient (Wildman–Crippen LogP) is 4.69. The van der Waals surface area contributed by atoms with Crippen LogP contribution in [-0.4, -0.2) is 37.9 Å². The number of rotatable bonds is 5. The Balaban J connectivity index is 1.34. The number of amides is 1. The number of ether oxygens (including phenoxy) is 1. The maximum absolute atomic E-state index is 13.3. The molecule has 0 spiro atoms. The van der Waals surface area contributed by atoms with Crippen molar-refractivity contribution in [1.29, 1.82) is 0 Å². The number of aryl methyl sites for hydroxylation is 1. The highest BCUT2D eigenvalue weighted by Gasteiger charge is 2.33. The number of aliphatic hydroxyl groups is 1. The molecule has 2 heterocycles. The van der Waals surface area contributed by atoms with Gasteiger partial charge in [0.2, 0.25) is 0 Å². The van der Waals surface area contributed by atoms with Gasteiger partial charge in [0.15, 0.2) is 0 Å². The smallest absolute Gasteiger partial charge is 0.258 e. The lowest BCUT2D eigenvalue weighted by Crippen LogP contribution is -2.35. The van der Waals surface area contributed by atoms with Crippen molar-refractivity contribution in [3.63, 3.8) is 0 Å². The van der Waals surface area contributed by atoms with Crippen LogP contribution in [-0.2, 0) is 20.1 Å². The van der Waals surface area contributed by atoms with Gasteiger partial charge in [0, 0.05) is 36.4 Å². The van der Waals surface area contributed by atoms with E-state index in [1.165, 1.54) is 0 Å². The highest BCUT2D eigenvalue weighted by atomic mass is 79.9. The van der Waals surface area contributed by atoms with Gasteiger partial charge in [0.25, 0.3) is 5.91 Å². The number of fused-ring (bicyclic) bond motifs is 1. The first-order chi connectivity index (χ1) is 15.5. The molecule has 2 atom stereocenters. The summed E-state index contributed by atoms with van der Waals surface area (Å²) in [7, 11) is 1.90. The Morgan fingerprint density at radius 1 is 1.16 bits per heavy atom. The summed E-state index contributed by atoms with van der Waals surface area (Å²) >= 11 is 3.56. The summed E-state index contributed by atoms with van der Waals surface area (Å²) in [4.78, 5) is 15.2. The Bertz CT molecular complexity index is 1140. The normalized spacial score (nSPS) is 20.5. The van der Waals surface area contributed by atoms with Gasteiger partial charge < -0.3 is 14.7 Å². The lowest BCUT2D eigenvalue weighted by Gasteiger charge is -2.29. The van der Waals surface area contributed by atoms with E-state index in [4.69, 9.17) is 4.74 Å². The van der Waals surface area contributed by atoms with Crippen molar-refractivity contribution in [3.8, 4) is 16.9 Å². The summed E-state index contributed by atoms with van der Waals surface area (Å²) in [5.41, 5.74) is 4.82. The molecule has 0 radical (unpaired) electrons. The van der Waals surface area contributed by atoms with Gasteiger partial charge in [-0.1, -0.05) is 46.6 Å². The molecule has 0 bridgehead atoms. The molecule has 2 aromatic carbocycles. The number of benzene rings is 2. The molecular weight excluding hydrogens is 470 g/mol. The van der Waals surface area contributed by atoms with Crippen molar-refractivity contribution >= 4 is 21.8 Å². The molecule has 5 rings (SSSR count). The summed E-state index contributed by atoms with van der Waals surface area (Å²) in [6.45, 7) is 1.07. The lowest BCUT2D eigenvalue weighted by molar-refractivity contribution is 0.00633. The molecular formula is C25H26BrN3O3. The maximum Gasteiger partial charge on any atom is 0.258 e. The van der Waals surface area contributed by atoms with E-state index in [1.54, 1.807) is 4.68 Å². The van der Waals surface area contributed by atoms with Crippen LogP contribution in [0, 0.1) is 0 Å². The third kappa shape index (κ3) is 4.19. The van der Waals surface area contributed by atoms with E-state index in [2.05, 4.69) is 45.3 Å². The van der Waals surface area contributed by atoms with Crippen LogP contribution in [0.15, 0.2) is 53.3 Å². The lowest BCUT2D eigenvalue weighted by atomic mass is 9.94. The monoisotopic (exact) mass is 495 g/mol. The van der Waals surface area contributed by atoms with Crippen LogP contribution in [0.3, 0.4) is 0 Å². The molecule has 1 fully saturated rings. The fraction of sp³-hybridized carbons (Fsp3) is 0.360. The van der Waals surface area contributed by atoms with Gasteiger partial charge in [-0.3, -0.25) is 9.48 Å². The number of carbonyl (C=O) groups is 1. The number of aromatic nitrogens is 2. The van der Waals surface area contributed by atoms with Crippen molar-refractivity contribution in [1.82, 2.24) is 14.7 Å². The molecule has 166 valence electrons. The Morgan fingerprint density at radius 3 is 2.66 bits per heavy atom. The molecule has 1 aliphatic heterocycles. The van der Waals surface area contributed by atoms with E-state index >= 15 is 0 Å². The first-order valence-electron chi connectivity index (χ1n) is 11.0. The molecule has 0 saturated heterocycles. The van der Waals surface area contributed by atoms with Gasteiger partial charge in [-0.15, -0.1) is 0 Å². The molecule has 2 aliphatic rings. The topological polar surface area (TPSA) is 67.6 Å². The zero-order valence-corrected chi connectivity index (χ0v) is 19.6. The van der Waals surface area contributed by atoms with Gasteiger partial charge in [-0.25, -0.2) is 0 Å². The summed E-state index contributed by atoms with van der Waals surface area (Å²) in [5.74, 6) is 0.545. The van der Waals surface area contributed by atoms with Crippen molar-refractivity contribution in [2.45, 2.75) is 51.0 Å². The highest BCUT2D eigenvalue weighted by molar-refractivity contribution is 9.10. The molecule has 1 amide bonds. The van der Waals surface area contributed by atoms with E-state index in [9.17, 15) is 9.90 Å². The quantitative estimate of drug-likeness (QED) is 0.557. The SMILES string of the molecule is Cn1cc(-c2ccc(CN3Cc4cc(Br)cc(O[C@@H]5CCCC[C@H]5O)c4C3=O)cc2)cn1. The number of halogens is 1. The molecule has 3 aromatic rings. The average molecular weight is 496 g/mol. The molecule has 1 saturated carbocycles. The van der Waals surface area contributed by atoms with Gasteiger partial charge in [-0.05, 0) is 48.1 Å². The Kier molecular flexibility index (Phi) is 5.78. The van der Waals surface area contributed by atoms with Gasteiger partial charge in [0.1, 0.15) is 11.9 Å². The van der Waals surface area contributed by atoms with E-state index in [-0.39, 0.29) is 12.0 Å². The van der Waals surface area contributed by atoms with Crippen LogP contribution in [0.1, 0.15) is 47.2 Å². The fourth-order valence-electron chi connectivity index (χ4n) is 4.63. The second kappa shape index (κ2) is 8.71. The first-order valence-corrected chi connectivity index (χ1v) is 11.8. The molecule has 7 heteroatoms. The van der Waals surface area contributed by atoms with Crippen molar-refractivity contribution in [2.75, 3.05) is 0 Å². The average Bonchev–Trinajstić information content (AvgIpc) is 3.33. The number of hydrogen-bond donors (Lipinski definition) is 1. The largest absolute Gasteiger partial charge is 0.487 e. The molecule has 6 nitrogen and oxygen atoms in total. The van der Waals surface area contributed by atoms with Crippen LogP contribution in [0.25, 0.3) is 11.1 Å². The number of nitrogens with zero attached hydrogens (tertiary/aromatic N) is 3. The molecule has 32 heavy (non-hydrogen) atoms. The van der Waals surface area contributed by atoms with Crippen LogP contribution >= 0.6 is 15.9 Å². The minimum atomic E-state index is -0.482. The number of aliphatic hydroxyl groups excluding tert-OH is 1. The highest BCUT2D eigenvalue weighted by Crippen LogP contribution is 2.37. The first kappa shape index (κ1) is 21.2. The van der Waals surface area contributed by atoms with E-state index in [0.29, 0.717) is 24.4 Å². The van der Waals surface area contributed by atoms with E-state index in [1.807, 2.05) is 36.5 Å². The second-order valence-corrected chi connectivity index (χ2v) is 9.62. The van der Waals surface area contributed by atoms with Crippen LogP contribution in [0.2, 0.25) is 0 Å². The van der Waals surface area contributed by atoms with Crippen molar-refractivity contribution in [2.24, 2.45) is 7.05 Å². The zero-order chi connectivity index (χ0) is 22.2. The van der Waals surface area contributed by atoms with Gasteiger partial charge >= 0.3 is 0 Å². The minimum absolute atomic E-state index is 0.0239. The van der Waals surface area contributed by atoms with Crippen LogP contribution in [0.5, 0.6) is 5.75 Å². The second-order valence-electron chi connectivity index (χ2n) is 8.71. The fourth-order valence-corrected chi connectivity index (χ4v) is 5.11. The third-order valence-electron chi connectivity index (χ3n) is 6.32. The maximum atomic E-state index is 13.3. The van der Waals surface area contributed by atoms with E-state index in [0.717, 1.165) is 52.4 Å².